The van der Waals surface area contributed by atoms with Gasteiger partial charge in [0.2, 0.25) is 11.8 Å². The van der Waals surface area contributed by atoms with Crippen LogP contribution in [0.1, 0.15) is 32.7 Å². The maximum atomic E-state index is 13.9. The van der Waals surface area contributed by atoms with Crippen LogP contribution in [0.3, 0.4) is 0 Å². The van der Waals surface area contributed by atoms with Gasteiger partial charge in [-0.3, -0.25) is 19.2 Å². The largest absolute Gasteiger partial charge is 0.506 e. The molecule has 1 saturated heterocycles. The molecule has 4 aromatic rings. The topological polar surface area (TPSA) is 113 Å². The molecule has 0 aliphatic carbocycles. The van der Waals surface area contributed by atoms with Crippen molar-refractivity contribution in [2.24, 2.45) is 0 Å². The van der Waals surface area contributed by atoms with Crippen molar-refractivity contribution in [1.29, 1.82) is 0 Å². The second-order valence-electron chi connectivity index (χ2n) is 12.0. The minimum absolute atomic E-state index is 0.0248. The first-order chi connectivity index (χ1) is 22.7. The zero-order valence-corrected chi connectivity index (χ0v) is 26.5. The normalized spacial score (nSPS) is 15.2. The van der Waals surface area contributed by atoms with E-state index >= 15 is 0 Å². The van der Waals surface area contributed by atoms with Crippen LogP contribution in [0.5, 0.6) is 5.75 Å². The molecule has 0 unspecified atom stereocenters. The third-order valence-electron chi connectivity index (χ3n) is 8.74. The second-order valence-corrected chi connectivity index (χ2v) is 12.0. The number of piperazine rings is 1. The highest BCUT2D eigenvalue weighted by atomic mass is 16.3. The number of rotatable bonds is 6. The number of benzene rings is 4. The molecule has 6 rings (SSSR count). The predicted octanol–water partition coefficient (Wildman–Crippen LogP) is 4.78. The predicted molar refractivity (Wildman–Crippen MR) is 182 cm³/mol. The first kappa shape index (κ1) is 31.5. The van der Waals surface area contributed by atoms with E-state index in [1.165, 1.54) is 28.0 Å². The third-order valence-corrected chi connectivity index (χ3v) is 8.74. The fraction of sp³-hybridized carbons (Fsp3) is 0.243. The summed E-state index contributed by atoms with van der Waals surface area (Å²) in [5, 5.41) is 13.7. The molecule has 2 aliphatic heterocycles. The van der Waals surface area contributed by atoms with Gasteiger partial charge in [0.15, 0.2) is 0 Å². The molecule has 10 heteroatoms. The van der Waals surface area contributed by atoms with Crippen LogP contribution in [-0.2, 0) is 9.59 Å². The van der Waals surface area contributed by atoms with E-state index in [1.54, 1.807) is 41.3 Å². The van der Waals surface area contributed by atoms with Gasteiger partial charge < -0.3 is 30.0 Å². The van der Waals surface area contributed by atoms with Crippen LogP contribution in [0.15, 0.2) is 91.0 Å². The fourth-order valence-corrected chi connectivity index (χ4v) is 5.98. The van der Waals surface area contributed by atoms with Gasteiger partial charge in [0.05, 0.1) is 17.1 Å². The van der Waals surface area contributed by atoms with Crippen LogP contribution in [0.2, 0.25) is 0 Å². The Kier molecular flexibility index (Phi) is 9.03. The lowest BCUT2D eigenvalue weighted by Gasteiger charge is -2.34. The average molecular weight is 632 g/mol. The molecule has 0 atom stereocenters. The molecule has 0 bridgehead atoms. The van der Waals surface area contributed by atoms with Crippen LogP contribution in [-0.4, -0.2) is 84.9 Å². The summed E-state index contributed by atoms with van der Waals surface area (Å²) >= 11 is 0. The van der Waals surface area contributed by atoms with E-state index in [4.69, 9.17) is 0 Å². The third kappa shape index (κ3) is 6.73. The van der Waals surface area contributed by atoms with Crippen LogP contribution >= 0.6 is 0 Å². The number of aryl methyl sites for hydroxylation is 1. The molecular formula is C37H37N5O5. The van der Waals surface area contributed by atoms with Crippen molar-refractivity contribution in [2.75, 3.05) is 61.4 Å². The Labute approximate surface area is 273 Å². The van der Waals surface area contributed by atoms with Gasteiger partial charge in [-0.15, -0.1) is 0 Å². The molecule has 2 N–H and O–H groups in total. The SMILES string of the molecule is Cc1ccc(-c2ccccc2C(=O)Nc2ccc(C(=O)N3CCC(=O)N(CC(=O)N4CCN(C)CC4)c4ccccc43)cc2O)cc1. The first-order valence-corrected chi connectivity index (χ1v) is 15.7. The number of hydrogen-bond acceptors (Lipinski definition) is 6. The molecule has 0 spiro atoms. The van der Waals surface area contributed by atoms with E-state index < -0.39 is 11.8 Å². The van der Waals surface area contributed by atoms with Crippen molar-refractivity contribution in [2.45, 2.75) is 13.3 Å². The van der Waals surface area contributed by atoms with Crippen molar-refractivity contribution in [3.8, 4) is 16.9 Å². The number of fused-ring (bicyclic) bond motifs is 1. The number of para-hydroxylation sites is 2. The summed E-state index contributed by atoms with van der Waals surface area (Å²) in [7, 11) is 2.01. The number of likely N-dealkylation sites (N-methyl/N-ethyl adjacent to an activating group) is 1. The molecule has 4 aromatic carbocycles. The monoisotopic (exact) mass is 631 g/mol. The van der Waals surface area contributed by atoms with E-state index in [2.05, 4.69) is 10.2 Å². The molecule has 0 saturated carbocycles. The van der Waals surface area contributed by atoms with Crippen molar-refractivity contribution >= 4 is 40.7 Å². The van der Waals surface area contributed by atoms with Crippen LogP contribution in [0.4, 0.5) is 17.1 Å². The number of phenolic OH excluding ortho intramolecular Hbond substituents is 1. The quantitative estimate of drug-likeness (QED) is 0.297. The summed E-state index contributed by atoms with van der Waals surface area (Å²) in [4.78, 5) is 60.7. The molecule has 2 heterocycles. The summed E-state index contributed by atoms with van der Waals surface area (Å²) in [5.74, 6) is -1.47. The number of hydrogen-bond donors (Lipinski definition) is 2. The van der Waals surface area contributed by atoms with Gasteiger partial charge >= 0.3 is 0 Å². The van der Waals surface area contributed by atoms with E-state index in [9.17, 15) is 24.3 Å². The molecule has 240 valence electrons. The maximum Gasteiger partial charge on any atom is 0.258 e. The first-order valence-electron chi connectivity index (χ1n) is 15.7. The Morgan fingerprint density at radius 3 is 2.21 bits per heavy atom. The van der Waals surface area contributed by atoms with Crippen molar-refractivity contribution < 1.29 is 24.3 Å². The standard InChI is InChI=1S/C37H37N5O5/c1-25-11-13-26(14-12-25)28-7-3-4-8-29(28)36(46)38-30-16-15-27(23-33(30)43)37(47)41-18-17-34(44)42(32-10-6-5-9-31(32)41)24-35(45)40-21-19-39(2)20-22-40/h3-16,23,43H,17-22,24H2,1-2H3,(H,38,46). The highest BCUT2D eigenvalue weighted by Gasteiger charge is 2.32. The molecule has 1 fully saturated rings. The zero-order valence-electron chi connectivity index (χ0n) is 26.5. The van der Waals surface area contributed by atoms with Gasteiger partial charge in [-0.25, -0.2) is 0 Å². The molecule has 2 aliphatic rings. The average Bonchev–Trinajstić information content (AvgIpc) is 3.22. The molecular weight excluding hydrogens is 594 g/mol. The number of phenols is 1. The van der Waals surface area contributed by atoms with Gasteiger partial charge in [-0.05, 0) is 61.5 Å². The summed E-state index contributed by atoms with van der Waals surface area (Å²) in [6, 6.07) is 26.5. The van der Waals surface area contributed by atoms with Gasteiger partial charge in [-0.1, -0.05) is 60.2 Å². The van der Waals surface area contributed by atoms with Gasteiger partial charge in [-0.2, -0.15) is 0 Å². The lowest BCUT2D eigenvalue weighted by Crippen LogP contribution is -2.50. The summed E-state index contributed by atoms with van der Waals surface area (Å²) in [6.45, 7) is 4.74. The van der Waals surface area contributed by atoms with E-state index in [-0.39, 0.29) is 48.3 Å². The summed E-state index contributed by atoms with van der Waals surface area (Å²) in [5.41, 5.74) is 4.52. The molecule has 0 aromatic heterocycles. The summed E-state index contributed by atoms with van der Waals surface area (Å²) < 4.78 is 0. The summed E-state index contributed by atoms with van der Waals surface area (Å²) in [6.07, 6.45) is 0.0248. The number of carbonyl (C=O) groups excluding carboxylic acids is 4. The van der Waals surface area contributed by atoms with Crippen molar-refractivity contribution in [1.82, 2.24) is 9.80 Å². The van der Waals surface area contributed by atoms with Gasteiger partial charge in [0.25, 0.3) is 11.8 Å². The van der Waals surface area contributed by atoms with Crippen molar-refractivity contribution in [3.63, 3.8) is 0 Å². The number of nitrogens with zero attached hydrogens (tertiary/aromatic N) is 4. The highest BCUT2D eigenvalue weighted by molar-refractivity contribution is 6.13. The van der Waals surface area contributed by atoms with E-state index in [0.717, 1.165) is 29.8 Å². The lowest BCUT2D eigenvalue weighted by atomic mass is 9.98. The second kappa shape index (κ2) is 13.5. The van der Waals surface area contributed by atoms with Gasteiger partial charge in [0.1, 0.15) is 12.3 Å². The minimum atomic E-state index is -0.421. The number of amides is 4. The number of nitrogens with one attached hydrogen (secondary N) is 1. The van der Waals surface area contributed by atoms with Crippen LogP contribution in [0, 0.1) is 6.92 Å². The van der Waals surface area contributed by atoms with Crippen LogP contribution in [0.25, 0.3) is 11.1 Å². The van der Waals surface area contributed by atoms with E-state index in [0.29, 0.717) is 30.0 Å². The van der Waals surface area contributed by atoms with Crippen molar-refractivity contribution in [3.05, 3.63) is 108 Å². The Balaban J connectivity index is 1.21. The van der Waals surface area contributed by atoms with Gasteiger partial charge in [0, 0.05) is 50.3 Å². The minimum Gasteiger partial charge on any atom is -0.506 e. The molecule has 4 amide bonds. The Bertz CT molecular complexity index is 1830. The zero-order chi connectivity index (χ0) is 33.1. The van der Waals surface area contributed by atoms with E-state index in [1.807, 2.05) is 50.4 Å². The number of aromatic hydroxyl groups is 1. The Hall–Kier alpha value is -5.48. The van der Waals surface area contributed by atoms with Crippen LogP contribution < -0.4 is 15.1 Å². The Morgan fingerprint density at radius 1 is 0.809 bits per heavy atom. The smallest absolute Gasteiger partial charge is 0.258 e. The molecule has 47 heavy (non-hydrogen) atoms. The number of carbonyl (C=O) groups is 4. The molecule has 0 radical (unpaired) electrons. The lowest BCUT2D eigenvalue weighted by molar-refractivity contribution is -0.132. The highest BCUT2D eigenvalue weighted by Crippen LogP contribution is 2.35. The Morgan fingerprint density at radius 2 is 1.49 bits per heavy atom. The number of anilines is 3. The molecule has 10 nitrogen and oxygen atoms in total. The fourth-order valence-electron chi connectivity index (χ4n) is 5.98. The maximum absolute atomic E-state index is 13.9.